The number of likely N-dealkylation sites (N-methyl/N-ethyl adjacent to an activating group) is 1. The molecule has 1 aromatic carbocycles. The number of nitrogens with one attached hydrogen (secondary N) is 2. The molecule has 19 heavy (non-hydrogen) atoms. The fraction of sp³-hybridized carbons (Fsp3) is 0.462. The van der Waals surface area contributed by atoms with Gasteiger partial charge in [0.15, 0.2) is 0 Å². The number of amides is 2. The molecule has 0 saturated carbocycles. The van der Waals surface area contributed by atoms with Crippen LogP contribution >= 0.6 is 23.2 Å². The lowest BCUT2D eigenvalue weighted by atomic mass is 10.2. The zero-order valence-electron chi connectivity index (χ0n) is 10.7. The van der Waals surface area contributed by atoms with Crippen LogP contribution in [0.4, 0.5) is 10.5 Å². The number of carbonyl (C=O) groups excluding carboxylic acids is 1. The molecule has 4 nitrogen and oxygen atoms in total. The first-order valence-electron chi connectivity index (χ1n) is 6.28. The third kappa shape index (κ3) is 3.75. The number of benzene rings is 1. The number of likely N-dealkylation sites (tertiary alicyclic amines) is 1. The van der Waals surface area contributed by atoms with Crippen molar-refractivity contribution in [3.8, 4) is 0 Å². The van der Waals surface area contributed by atoms with Gasteiger partial charge in [0.25, 0.3) is 0 Å². The molecule has 1 saturated heterocycles. The molecule has 1 aromatic rings. The Morgan fingerprint density at radius 1 is 1.37 bits per heavy atom. The van der Waals surface area contributed by atoms with Gasteiger partial charge in [0.1, 0.15) is 0 Å². The number of hydrogen-bond acceptors (Lipinski definition) is 2. The summed E-state index contributed by atoms with van der Waals surface area (Å²) in [6.07, 6.45) is 2.07. The normalized spacial score (nSPS) is 18.7. The predicted octanol–water partition coefficient (Wildman–Crippen LogP) is 3.21. The Hall–Kier alpha value is -0.970. The SMILES string of the molecule is CNCC1CCCN1C(=O)Nc1cc(Cl)cc(Cl)c1. The van der Waals surface area contributed by atoms with Crippen LogP contribution in [0.3, 0.4) is 0 Å². The number of carbonyl (C=O) groups is 1. The highest BCUT2D eigenvalue weighted by Gasteiger charge is 2.28. The van der Waals surface area contributed by atoms with Gasteiger partial charge in [-0.25, -0.2) is 4.79 Å². The summed E-state index contributed by atoms with van der Waals surface area (Å²) in [5.41, 5.74) is 0.623. The fourth-order valence-corrected chi connectivity index (χ4v) is 2.90. The first-order valence-corrected chi connectivity index (χ1v) is 7.04. The molecular formula is C13H17Cl2N3O. The molecule has 1 aliphatic heterocycles. The summed E-state index contributed by atoms with van der Waals surface area (Å²) in [5, 5.41) is 6.98. The van der Waals surface area contributed by atoms with Crippen LogP contribution < -0.4 is 10.6 Å². The second-order valence-corrected chi connectivity index (χ2v) is 5.51. The van der Waals surface area contributed by atoms with Gasteiger partial charge in [-0.2, -0.15) is 0 Å². The average Bonchev–Trinajstić information content (AvgIpc) is 2.76. The highest BCUT2D eigenvalue weighted by Crippen LogP contribution is 2.24. The molecule has 0 aromatic heterocycles. The van der Waals surface area contributed by atoms with Gasteiger partial charge in [-0.3, -0.25) is 0 Å². The van der Waals surface area contributed by atoms with Crippen LogP contribution in [0.15, 0.2) is 18.2 Å². The zero-order chi connectivity index (χ0) is 13.8. The summed E-state index contributed by atoms with van der Waals surface area (Å²) in [6, 6.07) is 5.16. The molecule has 2 rings (SSSR count). The Labute approximate surface area is 123 Å². The lowest BCUT2D eigenvalue weighted by Gasteiger charge is -2.24. The van der Waals surface area contributed by atoms with E-state index >= 15 is 0 Å². The first kappa shape index (κ1) is 14.4. The number of anilines is 1. The van der Waals surface area contributed by atoms with Crippen LogP contribution in [0.1, 0.15) is 12.8 Å². The van der Waals surface area contributed by atoms with E-state index in [-0.39, 0.29) is 12.1 Å². The molecule has 1 aliphatic rings. The topological polar surface area (TPSA) is 44.4 Å². The Morgan fingerprint density at radius 2 is 2.05 bits per heavy atom. The molecule has 0 radical (unpaired) electrons. The minimum Gasteiger partial charge on any atom is -0.320 e. The van der Waals surface area contributed by atoms with E-state index in [2.05, 4.69) is 10.6 Å². The van der Waals surface area contributed by atoms with Crippen molar-refractivity contribution < 1.29 is 4.79 Å². The molecule has 1 unspecified atom stereocenters. The molecule has 1 fully saturated rings. The largest absolute Gasteiger partial charge is 0.322 e. The average molecular weight is 302 g/mol. The number of hydrogen-bond donors (Lipinski definition) is 2. The monoisotopic (exact) mass is 301 g/mol. The van der Waals surface area contributed by atoms with E-state index in [9.17, 15) is 4.79 Å². The van der Waals surface area contributed by atoms with Gasteiger partial charge in [0.05, 0.1) is 0 Å². The van der Waals surface area contributed by atoms with Crippen molar-refractivity contribution in [2.45, 2.75) is 18.9 Å². The number of halogens is 2. The molecule has 0 spiro atoms. The molecular weight excluding hydrogens is 285 g/mol. The van der Waals surface area contributed by atoms with Gasteiger partial charge in [0, 0.05) is 34.9 Å². The summed E-state index contributed by atoms with van der Waals surface area (Å²) in [5.74, 6) is 0. The highest BCUT2D eigenvalue weighted by molar-refractivity contribution is 6.35. The van der Waals surface area contributed by atoms with E-state index in [1.165, 1.54) is 0 Å². The molecule has 104 valence electrons. The van der Waals surface area contributed by atoms with Crippen LogP contribution in [0, 0.1) is 0 Å². The minimum atomic E-state index is -0.101. The van der Waals surface area contributed by atoms with Gasteiger partial charge in [-0.05, 0) is 38.1 Å². The molecule has 6 heteroatoms. The quantitative estimate of drug-likeness (QED) is 0.900. The highest BCUT2D eigenvalue weighted by atomic mass is 35.5. The second kappa shape index (κ2) is 6.46. The van der Waals surface area contributed by atoms with E-state index < -0.39 is 0 Å². The number of nitrogens with zero attached hydrogens (tertiary/aromatic N) is 1. The lowest BCUT2D eigenvalue weighted by molar-refractivity contribution is 0.206. The van der Waals surface area contributed by atoms with Crippen molar-refractivity contribution in [2.75, 3.05) is 25.5 Å². The van der Waals surface area contributed by atoms with Crippen LogP contribution in [0.25, 0.3) is 0 Å². The van der Waals surface area contributed by atoms with Crippen molar-refractivity contribution in [3.63, 3.8) is 0 Å². The van der Waals surface area contributed by atoms with Crippen molar-refractivity contribution in [3.05, 3.63) is 28.2 Å². The van der Waals surface area contributed by atoms with Crippen LogP contribution in [0.5, 0.6) is 0 Å². The maximum absolute atomic E-state index is 12.2. The van der Waals surface area contributed by atoms with Crippen LogP contribution in [-0.2, 0) is 0 Å². The molecule has 1 atom stereocenters. The zero-order valence-corrected chi connectivity index (χ0v) is 12.3. The second-order valence-electron chi connectivity index (χ2n) is 4.64. The Kier molecular flexibility index (Phi) is 4.91. The van der Waals surface area contributed by atoms with Crippen molar-refractivity contribution in [1.29, 1.82) is 0 Å². The van der Waals surface area contributed by atoms with Gasteiger partial charge >= 0.3 is 6.03 Å². The molecule has 2 amide bonds. The molecule has 1 heterocycles. The van der Waals surface area contributed by atoms with Gasteiger partial charge < -0.3 is 15.5 Å². The third-order valence-corrected chi connectivity index (χ3v) is 3.63. The number of rotatable bonds is 3. The van der Waals surface area contributed by atoms with Crippen molar-refractivity contribution in [1.82, 2.24) is 10.2 Å². The standard InChI is InChI=1S/C13H17Cl2N3O/c1-16-8-12-3-2-4-18(12)13(19)17-11-6-9(14)5-10(15)7-11/h5-7,12,16H,2-4,8H2,1H3,(H,17,19). The third-order valence-electron chi connectivity index (χ3n) is 3.19. The van der Waals surface area contributed by atoms with Gasteiger partial charge in [-0.1, -0.05) is 23.2 Å². The minimum absolute atomic E-state index is 0.101. The van der Waals surface area contributed by atoms with Crippen molar-refractivity contribution in [2.24, 2.45) is 0 Å². The summed E-state index contributed by atoms with van der Waals surface area (Å²) in [7, 11) is 1.89. The van der Waals surface area contributed by atoms with E-state index in [0.717, 1.165) is 25.9 Å². The molecule has 0 bridgehead atoms. The lowest BCUT2D eigenvalue weighted by Crippen LogP contribution is -2.43. The maximum Gasteiger partial charge on any atom is 0.322 e. The summed E-state index contributed by atoms with van der Waals surface area (Å²) in [4.78, 5) is 14.1. The van der Waals surface area contributed by atoms with Crippen LogP contribution in [0.2, 0.25) is 10.0 Å². The van der Waals surface area contributed by atoms with Crippen LogP contribution in [-0.4, -0.2) is 37.1 Å². The first-order chi connectivity index (χ1) is 9.10. The van der Waals surface area contributed by atoms with E-state index in [1.54, 1.807) is 18.2 Å². The van der Waals surface area contributed by atoms with E-state index in [0.29, 0.717) is 15.7 Å². The predicted molar refractivity (Wildman–Crippen MR) is 79.1 cm³/mol. The maximum atomic E-state index is 12.2. The summed E-state index contributed by atoms with van der Waals surface area (Å²) in [6.45, 7) is 1.59. The Morgan fingerprint density at radius 3 is 2.68 bits per heavy atom. The molecule has 2 N–H and O–H groups in total. The van der Waals surface area contributed by atoms with E-state index in [1.807, 2.05) is 11.9 Å². The van der Waals surface area contributed by atoms with Gasteiger partial charge in [0.2, 0.25) is 0 Å². The Balaban J connectivity index is 2.04. The molecule has 0 aliphatic carbocycles. The van der Waals surface area contributed by atoms with E-state index in [4.69, 9.17) is 23.2 Å². The smallest absolute Gasteiger partial charge is 0.320 e. The summed E-state index contributed by atoms with van der Waals surface area (Å²) >= 11 is 11.8. The fourth-order valence-electron chi connectivity index (χ4n) is 2.37. The van der Waals surface area contributed by atoms with Gasteiger partial charge in [-0.15, -0.1) is 0 Å². The number of urea groups is 1. The van der Waals surface area contributed by atoms with Crippen molar-refractivity contribution >= 4 is 34.9 Å². The summed E-state index contributed by atoms with van der Waals surface area (Å²) < 4.78 is 0. The Bertz CT molecular complexity index is 447.